The van der Waals surface area contributed by atoms with Gasteiger partial charge in [0.1, 0.15) is 0 Å². The van der Waals surface area contributed by atoms with Crippen LogP contribution in [0.15, 0.2) is 84.9 Å². The van der Waals surface area contributed by atoms with Crippen molar-refractivity contribution in [3.05, 3.63) is 84.9 Å². The van der Waals surface area contributed by atoms with E-state index < -0.39 is 25.2 Å². The van der Waals surface area contributed by atoms with Crippen molar-refractivity contribution in [2.24, 2.45) is 0 Å². The Kier molecular flexibility index (Phi) is 5.90. The van der Waals surface area contributed by atoms with Crippen molar-refractivity contribution >= 4 is 45.9 Å². The molecule has 6 heteroatoms. The maximum absolute atomic E-state index is 11.9. The zero-order valence-corrected chi connectivity index (χ0v) is 19.9. The van der Waals surface area contributed by atoms with Gasteiger partial charge in [-0.2, -0.15) is 0 Å². The van der Waals surface area contributed by atoms with Gasteiger partial charge in [0.05, 0.1) is 0 Å². The first kappa shape index (κ1) is 20.9. The van der Waals surface area contributed by atoms with Crippen molar-refractivity contribution in [1.29, 1.82) is 0 Å². The first-order valence-electron chi connectivity index (χ1n) is 9.50. The topological polar surface area (TPSA) is 49.7 Å². The molecule has 0 spiro atoms. The summed E-state index contributed by atoms with van der Waals surface area (Å²) in [5, 5.41) is 3.80. The quantitative estimate of drug-likeness (QED) is 0.593. The van der Waals surface area contributed by atoms with E-state index in [1.54, 1.807) is 0 Å². The summed E-state index contributed by atoms with van der Waals surface area (Å²) in [6.07, 6.45) is 0. The Labute approximate surface area is 170 Å². The molecule has 0 saturated carbocycles. The lowest BCUT2D eigenvalue weighted by Gasteiger charge is -2.35. The Morgan fingerprint density at radius 3 is 1.32 bits per heavy atom. The van der Waals surface area contributed by atoms with Gasteiger partial charge in [0.2, 0.25) is 16.6 Å². The second-order valence-corrected chi connectivity index (χ2v) is 18.7. The summed E-state index contributed by atoms with van der Waals surface area (Å²) in [7, 11) is -8.10. The molecule has 146 valence electrons. The van der Waals surface area contributed by atoms with Crippen LogP contribution in [0, 0.1) is 0 Å². The average molecular weight is 425 g/mol. The van der Waals surface area contributed by atoms with Gasteiger partial charge < -0.3 is 13.7 Å². The van der Waals surface area contributed by atoms with Crippen molar-refractivity contribution in [3.8, 4) is 0 Å². The van der Waals surface area contributed by atoms with Crippen LogP contribution in [0.4, 0.5) is 0 Å². The molecule has 0 heterocycles. The van der Waals surface area contributed by atoms with Crippen LogP contribution in [-0.2, 0) is 4.12 Å². The van der Waals surface area contributed by atoms with Gasteiger partial charge in [-0.3, -0.25) is 0 Å². The van der Waals surface area contributed by atoms with Crippen LogP contribution in [-0.4, -0.2) is 34.8 Å². The van der Waals surface area contributed by atoms with E-state index in [0.29, 0.717) is 0 Å². The molecule has 0 radical (unpaired) electrons. The molecule has 0 aliphatic rings. The molecular formula is C22H28O3Si3. The van der Waals surface area contributed by atoms with Crippen molar-refractivity contribution in [1.82, 2.24) is 0 Å². The van der Waals surface area contributed by atoms with E-state index in [1.807, 2.05) is 85.9 Å². The molecule has 0 saturated heterocycles. The molecule has 0 fully saturated rings. The summed E-state index contributed by atoms with van der Waals surface area (Å²) >= 11 is 0. The first-order chi connectivity index (χ1) is 13.1. The molecule has 3 nitrogen and oxygen atoms in total. The van der Waals surface area contributed by atoms with Gasteiger partial charge in [-0.1, -0.05) is 84.9 Å². The lowest BCUT2D eigenvalue weighted by molar-refractivity contribution is 0.410. The smallest absolute Gasteiger partial charge is 0.394 e. The van der Waals surface area contributed by atoms with E-state index in [1.165, 1.54) is 0 Å². The van der Waals surface area contributed by atoms with E-state index in [4.69, 9.17) is 4.12 Å². The zero-order chi connectivity index (χ0) is 20.4. The SMILES string of the molecule is C[Si](C)(O)c1ccc([Si](C)(C)O[Si](O)(c2ccccc2)c2ccccc2)cc1. The van der Waals surface area contributed by atoms with E-state index in [9.17, 15) is 9.59 Å². The molecule has 0 aromatic heterocycles. The monoisotopic (exact) mass is 424 g/mol. The molecule has 28 heavy (non-hydrogen) atoms. The summed E-state index contributed by atoms with van der Waals surface area (Å²) in [6, 6.07) is 27.6. The van der Waals surface area contributed by atoms with Gasteiger partial charge in [0.25, 0.3) is 0 Å². The fraction of sp³-hybridized carbons (Fsp3) is 0.182. The van der Waals surface area contributed by atoms with Crippen LogP contribution in [0.25, 0.3) is 0 Å². The number of hydrogen-bond acceptors (Lipinski definition) is 3. The minimum atomic E-state index is -3.35. The van der Waals surface area contributed by atoms with Crippen LogP contribution in [0.5, 0.6) is 0 Å². The Bertz CT molecular complexity index is 866. The van der Waals surface area contributed by atoms with Gasteiger partial charge in [-0.05, 0) is 46.9 Å². The molecule has 0 aliphatic carbocycles. The Hall–Kier alpha value is -1.81. The zero-order valence-electron chi connectivity index (χ0n) is 16.9. The number of rotatable bonds is 6. The Balaban J connectivity index is 2.01. The Morgan fingerprint density at radius 1 is 0.536 bits per heavy atom. The molecule has 3 rings (SSSR count). The summed E-state index contributed by atoms with van der Waals surface area (Å²) in [5.41, 5.74) is 0. The van der Waals surface area contributed by atoms with Gasteiger partial charge >= 0.3 is 8.56 Å². The lowest BCUT2D eigenvalue weighted by Crippen LogP contribution is -2.67. The van der Waals surface area contributed by atoms with Gasteiger partial charge in [0, 0.05) is 0 Å². The standard InChI is InChI=1S/C22H28O3Si3/c1-26(2,23)19-15-17-20(18-16-19)27(3,4)25-28(24,21-11-7-5-8-12-21)22-13-9-6-10-14-22/h5-18,23-24H,1-4H3. The molecule has 2 N–H and O–H groups in total. The second kappa shape index (κ2) is 7.90. The van der Waals surface area contributed by atoms with Crippen molar-refractivity contribution in [2.45, 2.75) is 26.2 Å². The molecule has 0 aliphatic heterocycles. The molecule has 0 unspecified atom stereocenters. The highest BCUT2D eigenvalue weighted by Crippen LogP contribution is 2.14. The Morgan fingerprint density at radius 2 is 0.929 bits per heavy atom. The lowest BCUT2D eigenvalue weighted by atomic mass is 10.4. The predicted octanol–water partition coefficient (Wildman–Crippen LogP) is 1.77. The molecule has 3 aromatic rings. The summed E-state index contributed by atoms with van der Waals surface area (Å²) in [6.45, 7) is 8.07. The summed E-state index contributed by atoms with van der Waals surface area (Å²) in [4.78, 5) is 22.2. The molecule has 0 atom stereocenters. The van der Waals surface area contributed by atoms with E-state index >= 15 is 0 Å². The van der Waals surface area contributed by atoms with Crippen molar-refractivity contribution < 1.29 is 13.7 Å². The van der Waals surface area contributed by atoms with Crippen LogP contribution in [0.2, 0.25) is 26.2 Å². The summed E-state index contributed by atoms with van der Waals surface area (Å²) < 4.78 is 6.69. The highest BCUT2D eigenvalue weighted by molar-refractivity contribution is 7.00. The van der Waals surface area contributed by atoms with Gasteiger partial charge in [0.15, 0.2) is 0 Å². The van der Waals surface area contributed by atoms with Crippen LogP contribution in [0.3, 0.4) is 0 Å². The minimum Gasteiger partial charge on any atom is -0.428 e. The van der Waals surface area contributed by atoms with Crippen molar-refractivity contribution in [2.75, 3.05) is 0 Å². The third-order valence-corrected chi connectivity index (χ3v) is 13.9. The van der Waals surface area contributed by atoms with Crippen LogP contribution < -0.4 is 20.7 Å². The van der Waals surface area contributed by atoms with Gasteiger partial charge in [-0.25, -0.2) is 0 Å². The fourth-order valence-electron chi connectivity index (χ4n) is 3.32. The highest BCUT2D eigenvalue weighted by Gasteiger charge is 2.44. The van der Waals surface area contributed by atoms with E-state index in [2.05, 4.69) is 25.2 Å². The maximum Gasteiger partial charge on any atom is 0.394 e. The maximum atomic E-state index is 11.9. The summed E-state index contributed by atoms with van der Waals surface area (Å²) in [5.74, 6) is 0. The number of benzene rings is 3. The average Bonchev–Trinajstić information content (AvgIpc) is 2.68. The first-order valence-corrected chi connectivity index (χ1v) is 17.2. The molecular weight excluding hydrogens is 396 g/mol. The third-order valence-electron chi connectivity index (χ3n) is 5.02. The second-order valence-electron chi connectivity index (χ2n) is 8.12. The normalized spacial score (nSPS) is 12.8. The largest absolute Gasteiger partial charge is 0.428 e. The predicted molar refractivity (Wildman–Crippen MR) is 124 cm³/mol. The molecule has 0 amide bonds. The highest BCUT2D eigenvalue weighted by atomic mass is 28.4. The van der Waals surface area contributed by atoms with E-state index in [-0.39, 0.29) is 0 Å². The van der Waals surface area contributed by atoms with Crippen LogP contribution in [0.1, 0.15) is 0 Å². The van der Waals surface area contributed by atoms with Crippen molar-refractivity contribution in [3.63, 3.8) is 0 Å². The third kappa shape index (κ3) is 4.43. The minimum absolute atomic E-state index is 0.849. The molecule has 0 bridgehead atoms. The molecule has 3 aromatic carbocycles. The van der Waals surface area contributed by atoms with Crippen LogP contribution >= 0.6 is 0 Å². The van der Waals surface area contributed by atoms with E-state index in [0.717, 1.165) is 20.7 Å². The van der Waals surface area contributed by atoms with Gasteiger partial charge in [-0.15, -0.1) is 0 Å². The fourth-order valence-corrected chi connectivity index (χ4v) is 11.3. The number of hydrogen-bond donors (Lipinski definition) is 2.